The molecule has 3 aromatic rings. The van der Waals surface area contributed by atoms with Gasteiger partial charge in [0.2, 0.25) is 5.91 Å². The molecule has 1 N–H and O–H groups in total. The highest BCUT2D eigenvalue weighted by atomic mass is 16.5. The lowest BCUT2D eigenvalue weighted by Crippen LogP contribution is -2.27. The number of hydrogen-bond donors (Lipinski definition) is 1. The highest BCUT2D eigenvalue weighted by molar-refractivity contribution is 5.83. The van der Waals surface area contributed by atoms with Crippen LogP contribution in [0.2, 0.25) is 0 Å². The number of rotatable bonds is 6. The van der Waals surface area contributed by atoms with Gasteiger partial charge in [-0.05, 0) is 42.0 Å². The first-order valence-electron chi connectivity index (χ1n) is 8.04. The molecule has 0 aliphatic rings. The number of hydrazone groups is 1. The molecule has 0 radical (unpaired) electrons. The molecule has 0 saturated carbocycles. The molecule has 6 heteroatoms. The van der Waals surface area contributed by atoms with Gasteiger partial charge >= 0.3 is 0 Å². The number of amides is 1. The van der Waals surface area contributed by atoms with Crippen molar-refractivity contribution in [3.05, 3.63) is 60.4 Å². The van der Waals surface area contributed by atoms with E-state index in [4.69, 9.17) is 4.74 Å². The molecular formula is C19H20N4O2. The third kappa shape index (κ3) is 4.03. The van der Waals surface area contributed by atoms with E-state index in [-0.39, 0.29) is 11.8 Å². The normalized spacial score (nSPS) is 12.4. The lowest BCUT2D eigenvalue weighted by molar-refractivity contribution is -0.124. The summed E-state index contributed by atoms with van der Waals surface area (Å²) in [5.74, 6) is 0.413. The Labute approximate surface area is 146 Å². The van der Waals surface area contributed by atoms with Gasteiger partial charge in [0.25, 0.3) is 0 Å². The fourth-order valence-electron chi connectivity index (χ4n) is 2.50. The highest BCUT2D eigenvalue weighted by Crippen LogP contribution is 2.14. The van der Waals surface area contributed by atoms with Crippen molar-refractivity contribution < 1.29 is 9.53 Å². The van der Waals surface area contributed by atoms with Crippen LogP contribution < -0.4 is 10.2 Å². The lowest BCUT2D eigenvalue weighted by Gasteiger charge is -2.11. The number of hydrogen-bond acceptors (Lipinski definition) is 4. The second-order valence-corrected chi connectivity index (χ2v) is 5.79. The van der Waals surface area contributed by atoms with Gasteiger partial charge in [0.15, 0.2) is 0 Å². The first-order chi connectivity index (χ1) is 12.2. The molecule has 1 amide bonds. The number of para-hydroxylation sites is 2. The van der Waals surface area contributed by atoms with Crippen molar-refractivity contribution >= 4 is 23.2 Å². The molecule has 0 bridgehead atoms. The lowest BCUT2D eigenvalue weighted by atomic mass is 10.1. The number of imidazole rings is 1. The predicted octanol–water partition coefficient (Wildman–Crippen LogP) is 2.83. The standard InChI is InChI=1S/C19H20N4O2/c1-14(12-23-13-20-17-5-3-4-6-18(17)23)19(24)22-21-11-15-7-9-16(25-2)10-8-15/h3-11,13-14H,12H2,1-2H3,(H,22,24)/b21-11+. The summed E-state index contributed by atoms with van der Waals surface area (Å²) in [5.41, 5.74) is 5.41. The maximum atomic E-state index is 12.2. The third-order valence-corrected chi connectivity index (χ3v) is 3.95. The van der Waals surface area contributed by atoms with Crippen molar-refractivity contribution in [2.75, 3.05) is 7.11 Å². The quantitative estimate of drug-likeness (QED) is 0.556. The zero-order chi connectivity index (χ0) is 17.6. The van der Waals surface area contributed by atoms with Gasteiger partial charge in [-0.25, -0.2) is 10.4 Å². The molecule has 0 saturated heterocycles. The maximum Gasteiger partial charge on any atom is 0.244 e. The number of nitrogens with zero attached hydrogens (tertiary/aromatic N) is 3. The van der Waals surface area contributed by atoms with Gasteiger partial charge in [0.05, 0.1) is 36.6 Å². The Balaban J connectivity index is 1.57. The molecular weight excluding hydrogens is 316 g/mol. The van der Waals surface area contributed by atoms with Crippen LogP contribution in [0.3, 0.4) is 0 Å². The fraction of sp³-hybridized carbons (Fsp3) is 0.211. The van der Waals surface area contributed by atoms with Crippen LogP contribution in [-0.4, -0.2) is 28.8 Å². The number of methoxy groups -OCH3 is 1. The summed E-state index contributed by atoms with van der Waals surface area (Å²) >= 11 is 0. The van der Waals surface area contributed by atoms with Crippen molar-refractivity contribution in [2.45, 2.75) is 13.5 Å². The Morgan fingerprint density at radius 3 is 2.80 bits per heavy atom. The van der Waals surface area contributed by atoms with Gasteiger partial charge in [-0.15, -0.1) is 0 Å². The van der Waals surface area contributed by atoms with Crippen molar-refractivity contribution in [1.29, 1.82) is 0 Å². The van der Waals surface area contributed by atoms with Gasteiger partial charge in [0, 0.05) is 6.54 Å². The van der Waals surface area contributed by atoms with Crippen molar-refractivity contribution in [3.8, 4) is 5.75 Å². The van der Waals surface area contributed by atoms with E-state index >= 15 is 0 Å². The fourth-order valence-corrected chi connectivity index (χ4v) is 2.50. The molecule has 0 aliphatic heterocycles. The average molecular weight is 336 g/mol. The number of benzene rings is 2. The molecule has 1 atom stereocenters. The number of nitrogens with one attached hydrogen (secondary N) is 1. The van der Waals surface area contributed by atoms with E-state index in [1.54, 1.807) is 19.7 Å². The Morgan fingerprint density at radius 1 is 1.28 bits per heavy atom. The first kappa shape index (κ1) is 16.7. The van der Waals surface area contributed by atoms with E-state index in [1.165, 1.54) is 0 Å². The summed E-state index contributed by atoms with van der Waals surface area (Å²) in [6, 6.07) is 15.3. The van der Waals surface area contributed by atoms with Gasteiger partial charge < -0.3 is 9.30 Å². The van der Waals surface area contributed by atoms with E-state index in [0.717, 1.165) is 22.3 Å². The van der Waals surface area contributed by atoms with Crippen LogP contribution in [0, 0.1) is 5.92 Å². The molecule has 1 unspecified atom stereocenters. The highest BCUT2D eigenvalue weighted by Gasteiger charge is 2.14. The Morgan fingerprint density at radius 2 is 2.04 bits per heavy atom. The van der Waals surface area contributed by atoms with Gasteiger partial charge in [-0.2, -0.15) is 5.10 Å². The van der Waals surface area contributed by atoms with E-state index in [1.807, 2.05) is 60.0 Å². The zero-order valence-electron chi connectivity index (χ0n) is 14.2. The van der Waals surface area contributed by atoms with E-state index in [9.17, 15) is 4.79 Å². The molecule has 3 rings (SSSR count). The van der Waals surface area contributed by atoms with Crippen LogP contribution in [0.25, 0.3) is 11.0 Å². The van der Waals surface area contributed by atoms with E-state index in [0.29, 0.717) is 6.54 Å². The minimum absolute atomic E-state index is 0.137. The molecule has 0 fully saturated rings. The average Bonchev–Trinajstić information content (AvgIpc) is 3.05. The SMILES string of the molecule is COc1ccc(/C=N/NC(=O)C(C)Cn2cnc3ccccc32)cc1. The molecule has 0 spiro atoms. The summed E-state index contributed by atoms with van der Waals surface area (Å²) in [6.07, 6.45) is 3.37. The van der Waals surface area contributed by atoms with Gasteiger partial charge in [-0.1, -0.05) is 19.1 Å². The number of ether oxygens (including phenoxy) is 1. The molecule has 25 heavy (non-hydrogen) atoms. The molecule has 1 heterocycles. The smallest absolute Gasteiger partial charge is 0.244 e. The van der Waals surface area contributed by atoms with Crippen LogP contribution in [-0.2, 0) is 11.3 Å². The number of aromatic nitrogens is 2. The maximum absolute atomic E-state index is 12.2. The van der Waals surface area contributed by atoms with Crippen molar-refractivity contribution in [1.82, 2.24) is 15.0 Å². The molecule has 128 valence electrons. The van der Waals surface area contributed by atoms with Crippen LogP contribution in [0.5, 0.6) is 5.75 Å². The number of carbonyl (C=O) groups excluding carboxylic acids is 1. The number of fused-ring (bicyclic) bond motifs is 1. The second-order valence-electron chi connectivity index (χ2n) is 5.79. The van der Waals surface area contributed by atoms with Crippen molar-refractivity contribution in [2.24, 2.45) is 11.0 Å². The topological polar surface area (TPSA) is 68.5 Å². The first-order valence-corrected chi connectivity index (χ1v) is 8.04. The monoisotopic (exact) mass is 336 g/mol. The molecule has 2 aromatic carbocycles. The largest absolute Gasteiger partial charge is 0.497 e. The summed E-state index contributed by atoms with van der Waals surface area (Å²) in [5, 5.41) is 4.02. The summed E-state index contributed by atoms with van der Waals surface area (Å²) in [4.78, 5) is 16.6. The van der Waals surface area contributed by atoms with Crippen LogP contribution in [0.4, 0.5) is 0 Å². The Hall–Kier alpha value is -3.15. The zero-order valence-corrected chi connectivity index (χ0v) is 14.2. The third-order valence-electron chi connectivity index (χ3n) is 3.95. The number of carbonyl (C=O) groups is 1. The minimum atomic E-state index is -0.231. The summed E-state index contributed by atoms with van der Waals surface area (Å²) in [6.45, 7) is 2.41. The van der Waals surface area contributed by atoms with Crippen LogP contribution >= 0.6 is 0 Å². The summed E-state index contributed by atoms with van der Waals surface area (Å²) < 4.78 is 7.08. The molecule has 1 aromatic heterocycles. The van der Waals surface area contributed by atoms with E-state index in [2.05, 4.69) is 15.5 Å². The van der Waals surface area contributed by atoms with Crippen molar-refractivity contribution in [3.63, 3.8) is 0 Å². The van der Waals surface area contributed by atoms with Gasteiger partial charge in [-0.3, -0.25) is 4.79 Å². The van der Waals surface area contributed by atoms with Crippen LogP contribution in [0.15, 0.2) is 60.0 Å². The van der Waals surface area contributed by atoms with Gasteiger partial charge in [0.1, 0.15) is 5.75 Å². The summed E-state index contributed by atoms with van der Waals surface area (Å²) in [7, 11) is 1.62. The minimum Gasteiger partial charge on any atom is -0.497 e. The second kappa shape index (κ2) is 7.61. The molecule has 0 aliphatic carbocycles. The van der Waals surface area contributed by atoms with E-state index < -0.39 is 0 Å². The predicted molar refractivity (Wildman–Crippen MR) is 97.6 cm³/mol. The Bertz CT molecular complexity index is 884. The molecule has 6 nitrogen and oxygen atoms in total. The Kier molecular flexibility index (Phi) is 5.09. The van der Waals surface area contributed by atoms with Crippen LogP contribution in [0.1, 0.15) is 12.5 Å².